The molecule has 0 amide bonds. The Hall–Kier alpha value is -1.12. The van der Waals surface area contributed by atoms with Gasteiger partial charge in [0.2, 0.25) is 0 Å². The van der Waals surface area contributed by atoms with Crippen LogP contribution in [-0.4, -0.2) is 18.9 Å². The van der Waals surface area contributed by atoms with E-state index in [1.165, 1.54) is 12.7 Å². The molecule has 2 fully saturated rings. The summed E-state index contributed by atoms with van der Waals surface area (Å²) in [5, 5.41) is 0. The minimum Gasteiger partial charge on any atom is -0.468 e. The third-order valence-corrected chi connectivity index (χ3v) is 5.66. The number of Topliss-reactive ketones (excluding diaryl/α,β-unsaturated/α-hetero) is 1. The summed E-state index contributed by atoms with van der Waals surface area (Å²) in [5.41, 5.74) is 0.103. The van der Waals surface area contributed by atoms with E-state index in [0.29, 0.717) is 6.42 Å². The quantitative estimate of drug-likeness (QED) is 0.397. The zero-order valence-corrected chi connectivity index (χ0v) is 10.6. The molecule has 17 heavy (non-hydrogen) atoms. The van der Waals surface area contributed by atoms with Crippen molar-refractivity contribution >= 4 is 11.8 Å². The van der Waals surface area contributed by atoms with Crippen LogP contribution in [0.1, 0.15) is 39.5 Å². The number of carbonyl (C=O) groups is 2. The lowest BCUT2D eigenvalue weighted by Gasteiger charge is -2.45. The highest BCUT2D eigenvalue weighted by molar-refractivity contribution is 6.09. The molecule has 3 nitrogen and oxygen atoms in total. The van der Waals surface area contributed by atoms with Crippen molar-refractivity contribution in [2.24, 2.45) is 16.2 Å². The average Bonchev–Trinajstić information content (AvgIpc) is 3.08. The fourth-order valence-corrected chi connectivity index (χ4v) is 4.38. The van der Waals surface area contributed by atoms with Crippen molar-refractivity contribution in [1.29, 1.82) is 0 Å². The second kappa shape index (κ2) is 2.82. The molecule has 0 aromatic carbocycles. The summed E-state index contributed by atoms with van der Waals surface area (Å²) >= 11 is 0. The molecule has 0 aliphatic heterocycles. The highest BCUT2D eigenvalue weighted by atomic mass is 16.5. The van der Waals surface area contributed by atoms with E-state index in [9.17, 15) is 9.59 Å². The predicted molar refractivity (Wildman–Crippen MR) is 62.2 cm³/mol. The SMILES string of the molecule is COC(=O)[C@]12C=C(C)[C@](C)(CCC1=O)C21CC1. The molecule has 3 aliphatic carbocycles. The van der Waals surface area contributed by atoms with Crippen LogP contribution >= 0.6 is 0 Å². The Balaban J connectivity index is 2.24. The Labute approximate surface area is 101 Å². The van der Waals surface area contributed by atoms with Crippen molar-refractivity contribution in [3.63, 3.8) is 0 Å². The summed E-state index contributed by atoms with van der Waals surface area (Å²) in [6, 6.07) is 0. The minimum atomic E-state index is -0.959. The predicted octanol–water partition coefficient (Wildman–Crippen LogP) is 2.26. The summed E-state index contributed by atoms with van der Waals surface area (Å²) in [6.45, 7) is 4.27. The first-order chi connectivity index (χ1) is 7.94. The van der Waals surface area contributed by atoms with E-state index in [-0.39, 0.29) is 22.6 Å². The van der Waals surface area contributed by atoms with E-state index in [4.69, 9.17) is 4.74 Å². The van der Waals surface area contributed by atoms with Crippen molar-refractivity contribution < 1.29 is 14.3 Å². The molecule has 2 bridgehead atoms. The van der Waals surface area contributed by atoms with Crippen LogP contribution in [-0.2, 0) is 14.3 Å². The second-order valence-electron chi connectivity index (χ2n) is 5.96. The molecular formula is C14H18O3. The molecular weight excluding hydrogens is 216 g/mol. The number of ketones is 1. The first kappa shape index (κ1) is 11.0. The normalized spacial score (nSPS) is 41.4. The number of esters is 1. The van der Waals surface area contributed by atoms with Gasteiger partial charge in [-0.1, -0.05) is 18.6 Å². The number of ether oxygens (including phenoxy) is 1. The average molecular weight is 234 g/mol. The van der Waals surface area contributed by atoms with Crippen molar-refractivity contribution in [3.8, 4) is 0 Å². The Morgan fingerprint density at radius 3 is 2.53 bits per heavy atom. The highest BCUT2D eigenvalue weighted by Gasteiger charge is 2.78. The summed E-state index contributed by atoms with van der Waals surface area (Å²) in [6.07, 6.45) is 5.24. The fraction of sp³-hybridized carbons (Fsp3) is 0.714. The van der Waals surface area contributed by atoms with Crippen molar-refractivity contribution in [2.75, 3.05) is 7.11 Å². The van der Waals surface area contributed by atoms with Gasteiger partial charge in [-0.05, 0) is 31.6 Å². The zero-order chi connectivity index (χ0) is 12.5. The lowest BCUT2D eigenvalue weighted by atomic mass is 9.55. The van der Waals surface area contributed by atoms with Crippen LogP contribution in [0.2, 0.25) is 0 Å². The molecule has 0 saturated heterocycles. The van der Waals surface area contributed by atoms with Crippen LogP contribution in [0.25, 0.3) is 0 Å². The van der Waals surface area contributed by atoms with Gasteiger partial charge >= 0.3 is 5.97 Å². The van der Waals surface area contributed by atoms with Gasteiger partial charge in [0.1, 0.15) is 0 Å². The summed E-state index contributed by atoms with van der Waals surface area (Å²) < 4.78 is 4.95. The van der Waals surface area contributed by atoms with Gasteiger partial charge in [0.05, 0.1) is 7.11 Å². The van der Waals surface area contributed by atoms with Crippen LogP contribution in [0.4, 0.5) is 0 Å². The van der Waals surface area contributed by atoms with E-state index in [1.807, 2.05) is 6.08 Å². The van der Waals surface area contributed by atoms with Gasteiger partial charge in [-0.25, -0.2) is 0 Å². The summed E-state index contributed by atoms with van der Waals surface area (Å²) in [4.78, 5) is 24.6. The molecule has 0 N–H and O–H groups in total. The van der Waals surface area contributed by atoms with Gasteiger partial charge in [-0.2, -0.15) is 0 Å². The van der Waals surface area contributed by atoms with E-state index in [0.717, 1.165) is 19.3 Å². The van der Waals surface area contributed by atoms with Crippen molar-refractivity contribution in [3.05, 3.63) is 11.6 Å². The van der Waals surface area contributed by atoms with Crippen LogP contribution in [0.5, 0.6) is 0 Å². The van der Waals surface area contributed by atoms with Gasteiger partial charge in [-0.3, -0.25) is 9.59 Å². The number of methoxy groups -OCH3 is 1. The molecule has 1 spiro atoms. The number of carbonyl (C=O) groups excluding carboxylic acids is 2. The maximum Gasteiger partial charge on any atom is 0.323 e. The van der Waals surface area contributed by atoms with Crippen LogP contribution in [0, 0.1) is 16.2 Å². The smallest absolute Gasteiger partial charge is 0.323 e. The molecule has 2 saturated carbocycles. The van der Waals surface area contributed by atoms with E-state index in [1.54, 1.807) is 0 Å². The van der Waals surface area contributed by atoms with Crippen molar-refractivity contribution in [1.82, 2.24) is 0 Å². The number of hydrogen-bond acceptors (Lipinski definition) is 3. The Kier molecular flexibility index (Phi) is 1.82. The van der Waals surface area contributed by atoms with Gasteiger partial charge in [0.25, 0.3) is 0 Å². The maximum atomic E-state index is 12.4. The first-order valence-electron chi connectivity index (χ1n) is 6.26. The van der Waals surface area contributed by atoms with E-state index in [2.05, 4.69) is 13.8 Å². The molecule has 2 atom stereocenters. The van der Waals surface area contributed by atoms with Crippen LogP contribution < -0.4 is 0 Å². The van der Waals surface area contributed by atoms with Crippen LogP contribution in [0.15, 0.2) is 11.6 Å². The third-order valence-electron chi connectivity index (χ3n) is 5.66. The maximum absolute atomic E-state index is 12.4. The molecule has 0 unspecified atom stereocenters. The molecule has 3 heteroatoms. The topological polar surface area (TPSA) is 43.4 Å². The molecule has 3 aliphatic rings. The number of allylic oxidation sites excluding steroid dienone is 1. The van der Waals surface area contributed by atoms with Gasteiger partial charge < -0.3 is 4.74 Å². The molecule has 3 rings (SSSR count). The molecule has 0 aromatic rings. The van der Waals surface area contributed by atoms with Gasteiger partial charge in [-0.15, -0.1) is 0 Å². The standard InChI is InChI=1S/C14H18O3/c1-9-8-14(11(16)17-3)10(15)4-5-12(9,2)13(14)6-7-13/h8H,4-7H2,1-3H3/t12-,14-/m0/s1. The lowest BCUT2D eigenvalue weighted by Crippen LogP contribution is -2.52. The van der Waals surface area contributed by atoms with Gasteiger partial charge in [0.15, 0.2) is 11.2 Å². The fourth-order valence-electron chi connectivity index (χ4n) is 4.38. The minimum absolute atomic E-state index is 0.0229. The number of rotatable bonds is 1. The first-order valence-corrected chi connectivity index (χ1v) is 6.26. The lowest BCUT2D eigenvalue weighted by molar-refractivity contribution is -0.164. The Morgan fingerprint density at radius 2 is 2.00 bits per heavy atom. The molecule has 0 heterocycles. The summed E-state index contributed by atoms with van der Waals surface area (Å²) in [5.74, 6) is -0.279. The number of hydrogen-bond donors (Lipinski definition) is 0. The van der Waals surface area contributed by atoms with Gasteiger partial charge in [0, 0.05) is 11.8 Å². The molecule has 0 aromatic heterocycles. The second-order valence-corrected chi connectivity index (χ2v) is 5.96. The Bertz CT molecular complexity index is 448. The van der Waals surface area contributed by atoms with Crippen LogP contribution in [0.3, 0.4) is 0 Å². The van der Waals surface area contributed by atoms with E-state index < -0.39 is 5.41 Å². The van der Waals surface area contributed by atoms with Crippen molar-refractivity contribution in [2.45, 2.75) is 39.5 Å². The highest BCUT2D eigenvalue weighted by Crippen LogP contribution is 2.78. The molecule has 92 valence electrons. The Morgan fingerprint density at radius 1 is 1.35 bits per heavy atom. The summed E-state index contributed by atoms with van der Waals surface area (Å²) in [7, 11) is 1.38. The molecule has 0 radical (unpaired) electrons. The monoisotopic (exact) mass is 234 g/mol. The largest absolute Gasteiger partial charge is 0.468 e. The van der Waals surface area contributed by atoms with E-state index >= 15 is 0 Å². The zero-order valence-electron chi connectivity index (χ0n) is 10.6. The third kappa shape index (κ3) is 0.883.